The Kier molecular flexibility index (Phi) is 5.63. The summed E-state index contributed by atoms with van der Waals surface area (Å²) in [4.78, 5) is 12.7. The van der Waals surface area contributed by atoms with Crippen LogP contribution in [0.1, 0.15) is 43.1 Å². The number of hydrogen-bond acceptors (Lipinski definition) is 5. The Morgan fingerprint density at radius 3 is 2.48 bits per heavy atom. The number of rotatable bonds is 5. The van der Waals surface area contributed by atoms with Crippen LogP contribution in [0.15, 0.2) is 63.7 Å². The molecule has 4 rings (SSSR count). The number of benzene rings is 2. The van der Waals surface area contributed by atoms with Crippen molar-refractivity contribution in [2.45, 2.75) is 37.6 Å². The molecule has 0 saturated carbocycles. The molecule has 0 spiro atoms. The zero-order valence-corrected chi connectivity index (χ0v) is 18.2. The lowest BCUT2D eigenvalue weighted by Crippen LogP contribution is -2.27. The maximum Gasteiger partial charge on any atom is 0.295 e. The molecule has 1 N–H and O–H groups in total. The van der Waals surface area contributed by atoms with Crippen LogP contribution in [0, 0.1) is 0 Å². The largest absolute Gasteiger partial charge is 0.493 e. The lowest BCUT2D eigenvalue weighted by atomic mass is 10.2. The van der Waals surface area contributed by atoms with E-state index in [4.69, 9.17) is 0 Å². The van der Waals surface area contributed by atoms with E-state index in [0.29, 0.717) is 18.5 Å². The highest BCUT2D eigenvalue weighted by atomic mass is 32.2. The molecule has 2 aromatic carbocycles. The van der Waals surface area contributed by atoms with Gasteiger partial charge in [-0.1, -0.05) is 24.3 Å². The minimum atomic E-state index is -3.64. The van der Waals surface area contributed by atoms with Gasteiger partial charge in [0.25, 0.3) is 5.91 Å². The molecule has 1 amide bonds. The Hall–Kier alpha value is -3.04. The van der Waals surface area contributed by atoms with Gasteiger partial charge in [0.15, 0.2) is 5.69 Å². The normalized spacial score (nSPS) is 15.5. The zero-order chi connectivity index (χ0) is 22.2. The van der Waals surface area contributed by atoms with Crippen molar-refractivity contribution in [3.05, 3.63) is 54.1 Å². The van der Waals surface area contributed by atoms with Gasteiger partial charge in [-0.25, -0.2) is 8.42 Å². The molecular formula is C22H24N4O4S. The first-order chi connectivity index (χ1) is 14.8. The van der Waals surface area contributed by atoms with Crippen LogP contribution in [0.25, 0.3) is 10.9 Å². The number of para-hydroxylation sites is 1. The van der Waals surface area contributed by atoms with Gasteiger partial charge in [0.2, 0.25) is 15.9 Å². The second-order valence-corrected chi connectivity index (χ2v) is 9.74. The van der Waals surface area contributed by atoms with E-state index in [1.807, 2.05) is 32.0 Å². The van der Waals surface area contributed by atoms with Crippen molar-refractivity contribution in [1.82, 2.24) is 8.87 Å². The topological polar surface area (TPSA) is 104 Å². The van der Waals surface area contributed by atoms with Crippen molar-refractivity contribution in [1.29, 1.82) is 0 Å². The molecule has 2 heterocycles. The van der Waals surface area contributed by atoms with E-state index in [2.05, 4.69) is 10.2 Å². The number of carbonyl (C=O) groups excluding carboxylic acids is 1. The van der Waals surface area contributed by atoms with Crippen LogP contribution in [0.5, 0.6) is 5.88 Å². The lowest BCUT2D eigenvalue weighted by Gasteiger charge is -2.15. The van der Waals surface area contributed by atoms with Crippen LogP contribution in [0.2, 0.25) is 0 Å². The van der Waals surface area contributed by atoms with Gasteiger partial charge in [-0.05, 0) is 51.0 Å². The first-order valence-electron chi connectivity index (χ1n) is 10.2. The maximum atomic E-state index is 12.8. The van der Waals surface area contributed by atoms with E-state index in [0.717, 1.165) is 18.4 Å². The molecule has 1 aliphatic heterocycles. The fourth-order valence-corrected chi connectivity index (χ4v) is 5.44. The second kappa shape index (κ2) is 8.24. The van der Waals surface area contributed by atoms with Crippen molar-refractivity contribution in [2.75, 3.05) is 13.1 Å². The average molecular weight is 441 g/mol. The van der Waals surface area contributed by atoms with Gasteiger partial charge < -0.3 is 9.67 Å². The van der Waals surface area contributed by atoms with Gasteiger partial charge in [-0.3, -0.25) is 4.79 Å². The smallest absolute Gasteiger partial charge is 0.295 e. The van der Waals surface area contributed by atoms with Gasteiger partial charge >= 0.3 is 0 Å². The highest BCUT2D eigenvalue weighted by Crippen LogP contribution is 2.40. The van der Waals surface area contributed by atoms with Gasteiger partial charge in [0.1, 0.15) is 0 Å². The molecule has 1 aromatic heterocycles. The number of aromatic hydroxyl groups is 1. The molecule has 3 aromatic rings. The van der Waals surface area contributed by atoms with Crippen molar-refractivity contribution in [3.8, 4) is 5.88 Å². The number of azo groups is 1. The van der Waals surface area contributed by atoms with Crippen molar-refractivity contribution in [3.63, 3.8) is 0 Å². The Morgan fingerprint density at radius 2 is 1.77 bits per heavy atom. The third-order valence-corrected chi connectivity index (χ3v) is 7.29. The summed E-state index contributed by atoms with van der Waals surface area (Å²) < 4.78 is 28.7. The number of amides is 1. The van der Waals surface area contributed by atoms with E-state index in [9.17, 15) is 18.3 Å². The summed E-state index contributed by atoms with van der Waals surface area (Å²) in [5.74, 6) is -0.752. The molecule has 0 bridgehead atoms. The molecule has 162 valence electrons. The number of sulfonamides is 1. The van der Waals surface area contributed by atoms with Crippen molar-refractivity contribution in [2.24, 2.45) is 10.2 Å². The number of fused-ring (bicyclic) bond motifs is 1. The lowest BCUT2D eigenvalue weighted by molar-refractivity contribution is 0.0995. The second-order valence-electron chi connectivity index (χ2n) is 7.80. The highest BCUT2D eigenvalue weighted by molar-refractivity contribution is 7.89. The van der Waals surface area contributed by atoms with E-state index in [-0.39, 0.29) is 28.1 Å². The van der Waals surface area contributed by atoms with Gasteiger partial charge in [0.05, 0.1) is 10.4 Å². The van der Waals surface area contributed by atoms with Crippen molar-refractivity contribution < 1.29 is 18.3 Å². The Morgan fingerprint density at radius 1 is 1.06 bits per heavy atom. The molecule has 1 aliphatic rings. The van der Waals surface area contributed by atoms with E-state index >= 15 is 0 Å². The van der Waals surface area contributed by atoms with Crippen LogP contribution in [0.3, 0.4) is 0 Å². The van der Waals surface area contributed by atoms with Crippen LogP contribution < -0.4 is 0 Å². The van der Waals surface area contributed by atoms with Crippen LogP contribution >= 0.6 is 0 Å². The van der Waals surface area contributed by atoms with E-state index in [1.54, 1.807) is 10.6 Å². The monoisotopic (exact) mass is 440 g/mol. The molecule has 31 heavy (non-hydrogen) atoms. The quantitative estimate of drug-likeness (QED) is 0.584. The Bertz CT molecular complexity index is 1270. The first kappa shape index (κ1) is 21.2. The fraction of sp³-hybridized carbons (Fsp3) is 0.318. The number of hydrogen-bond donors (Lipinski definition) is 1. The maximum absolute atomic E-state index is 12.8. The van der Waals surface area contributed by atoms with Gasteiger partial charge in [-0.2, -0.15) is 4.31 Å². The SMILES string of the molecule is CC(C)n1c(O)c(N=NC(=O)c2cccc(S(=O)(=O)N3CCCC3)c2)c2ccccc21. The molecule has 9 heteroatoms. The standard InChI is InChI=1S/C22H24N4O4S/c1-15(2)26-19-11-4-3-10-18(19)20(22(26)28)23-24-21(27)16-8-7-9-17(14-16)31(29,30)25-12-5-6-13-25/h3-4,7-11,14-15,28H,5-6,12-13H2,1-2H3. The number of nitrogens with zero attached hydrogens (tertiary/aromatic N) is 4. The number of aromatic nitrogens is 1. The fourth-order valence-electron chi connectivity index (χ4n) is 3.87. The molecule has 1 saturated heterocycles. The minimum absolute atomic E-state index is 0.0166. The molecule has 1 fully saturated rings. The first-order valence-corrected chi connectivity index (χ1v) is 11.6. The summed E-state index contributed by atoms with van der Waals surface area (Å²) in [5, 5.41) is 19.1. The summed E-state index contributed by atoms with van der Waals surface area (Å²) in [5.41, 5.74) is 1.12. The van der Waals surface area contributed by atoms with Crippen LogP contribution in [0.4, 0.5) is 5.69 Å². The van der Waals surface area contributed by atoms with E-state index < -0.39 is 15.9 Å². The third kappa shape index (κ3) is 3.86. The summed E-state index contributed by atoms with van der Waals surface area (Å²) >= 11 is 0. The average Bonchev–Trinajstić information content (AvgIpc) is 3.39. The molecule has 0 unspecified atom stereocenters. The van der Waals surface area contributed by atoms with Crippen LogP contribution in [-0.2, 0) is 10.0 Å². The zero-order valence-electron chi connectivity index (χ0n) is 17.4. The molecular weight excluding hydrogens is 416 g/mol. The van der Waals surface area contributed by atoms with Gasteiger partial charge in [0, 0.05) is 30.1 Å². The highest BCUT2D eigenvalue weighted by Gasteiger charge is 2.27. The summed E-state index contributed by atoms with van der Waals surface area (Å²) in [6.45, 7) is 4.84. The van der Waals surface area contributed by atoms with Crippen LogP contribution in [-0.4, -0.2) is 41.4 Å². The molecule has 0 atom stereocenters. The third-order valence-electron chi connectivity index (χ3n) is 5.40. The predicted octanol–water partition coefficient (Wildman–Crippen LogP) is 4.64. The summed E-state index contributed by atoms with van der Waals surface area (Å²) in [6, 6.07) is 13.2. The van der Waals surface area contributed by atoms with Crippen molar-refractivity contribution >= 4 is 32.5 Å². The number of carbonyl (C=O) groups is 1. The predicted molar refractivity (Wildman–Crippen MR) is 117 cm³/mol. The summed E-state index contributed by atoms with van der Waals surface area (Å²) in [7, 11) is -3.64. The minimum Gasteiger partial charge on any atom is -0.493 e. The molecule has 0 aliphatic carbocycles. The summed E-state index contributed by atoms with van der Waals surface area (Å²) in [6.07, 6.45) is 1.67. The van der Waals surface area contributed by atoms with E-state index in [1.165, 1.54) is 28.6 Å². The molecule has 8 nitrogen and oxygen atoms in total. The van der Waals surface area contributed by atoms with Gasteiger partial charge in [-0.15, -0.1) is 10.2 Å². The Labute approximate surface area is 180 Å². The molecule has 0 radical (unpaired) electrons. The Balaban J connectivity index is 1.66.